The summed E-state index contributed by atoms with van der Waals surface area (Å²) in [4.78, 5) is 37.9. The molecule has 0 aliphatic carbocycles. The van der Waals surface area contributed by atoms with Crippen LogP contribution in [0.15, 0.2) is 48.5 Å². The lowest BCUT2D eigenvalue weighted by Gasteiger charge is -2.35. The molecule has 1 aliphatic heterocycles. The average Bonchev–Trinajstić information content (AvgIpc) is 2.66. The van der Waals surface area contributed by atoms with Gasteiger partial charge in [0, 0.05) is 19.9 Å². The molecule has 146 valence electrons. The SMILES string of the molecule is CC(=O)N[C@H](CC(=O)N1Cc2ccccc2C[C@@H]1C(=O)O)c1ccc(C)cc1. The van der Waals surface area contributed by atoms with E-state index in [0.29, 0.717) is 0 Å². The molecule has 0 unspecified atom stereocenters. The van der Waals surface area contributed by atoms with Gasteiger partial charge in [-0.05, 0) is 23.6 Å². The highest BCUT2D eigenvalue weighted by atomic mass is 16.4. The maximum atomic E-state index is 13.1. The molecule has 0 fully saturated rings. The number of nitrogens with zero attached hydrogens (tertiary/aromatic N) is 1. The van der Waals surface area contributed by atoms with Crippen LogP contribution in [0.3, 0.4) is 0 Å². The molecule has 1 heterocycles. The van der Waals surface area contributed by atoms with E-state index in [1.165, 1.54) is 11.8 Å². The minimum Gasteiger partial charge on any atom is -0.480 e. The Balaban J connectivity index is 1.84. The summed E-state index contributed by atoms with van der Waals surface area (Å²) in [5.74, 6) is -1.55. The minimum absolute atomic E-state index is 0.00852. The van der Waals surface area contributed by atoms with Crippen molar-refractivity contribution in [2.45, 2.75) is 45.3 Å². The summed E-state index contributed by atoms with van der Waals surface area (Å²) in [7, 11) is 0. The predicted molar refractivity (Wildman–Crippen MR) is 104 cm³/mol. The molecule has 0 saturated heterocycles. The van der Waals surface area contributed by atoms with Crippen LogP contribution in [0.2, 0.25) is 0 Å². The molecule has 6 heteroatoms. The van der Waals surface area contributed by atoms with Crippen LogP contribution in [0.25, 0.3) is 0 Å². The number of nitrogens with one attached hydrogen (secondary N) is 1. The van der Waals surface area contributed by atoms with Crippen LogP contribution < -0.4 is 5.32 Å². The number of carboxylic acid groups (broad SMARTS) is 1. The van der Waals surface area contributed by atoms with Crippen LogP contribution in [0.4, 0.5) is 0 Å². The second kappa shape index (κ2) is 8.25. The Hall–Kier alpha value is -3.15. The molecule has 2 aromatic carbocycles. The number of carboxylic acids is 1. The first kappa shape index (κ1) is 19.6. The van der Waals surface area contributed by atoms with Crippen molar-refractivity contribution in [3.05, 3.63) is 70.8 Å². The van der Waals surface area contributed by atoms with Gasteiger partial charge in [-0.3, -0.25) is 9.59 Å². The summed E-state index contributed by atoms with van der Waals surface area (Å²) < 4.78 is 0. The maximum Gasteiger partial charge on any atom is 0.326 e. The molecule has 0 aromatic heterocycles. The molecular weight excluding hydrogens is 356 g/mol. The molecule has 6 nitrogen and oxygen atoms in total. The van der Waals surface area contributed by atoms with Crippen molar-refractivity contribution in [1.82, 2.24) is 10.2 Å². The van der Waals surface area contributed by atoms with Crippen molar-refractivity contribution in [3.63, 3.8) is 0 Å². The number of amides is 2. The lowest BCUT2D eigenvalue weighted by Crippen LogP contribution is -2.49. The summed E-state index contributed by atoms with van der Waals surface area (Å²) in [6.45, 7) is 3.63. The highest BCUT2D eigenvalue weighted by Gasteiger charge is 2.35. The van der Waals surface area contributed by atoms with Gasteiger partial charge in [-0.1, -0.05) is 54.1 Å². The third kappa shape index (κ3) is 4.39. The molecule has 3 rings (SSSR count). The number of carbonyl (C=O) groups excluding carboxylic acids is 2. The maximum absolute atomic E-state index is 13.1. The number of fused-ring (bicyclic) bond motifs is 1. The highest BCUT2D eigenvalue weighted by molar-refractivity contribution is 5.85. The van der Waals surface area contributed by atoms with Crippen molar-refractivity contribution >= 4 is 17.8 Å². The van der Waals surface area contributed by atoms with E-state index >= 15 is 0 Å². The van der Waals surface area contributed by atoms with Gasteiger partial charge in [-0.15, -0.1) is 0 Å². The number of hydrogen-bond donors (Lipinski definition) is 2. The summed E-state index contributed by atoms with van der Waals surface area (Å²) in [5, 5.41) is 12.5. The third-order valence-corrected chi connectivity index (χ3v) is 5.09. The van der Waals surface area contributed by atoms with Gasteiger partial charge in [0.1, 0.15) is 6.04 Å². The zero-order valence-electron chi connectivity index (χ0n) is 16.0. The van der Waals surface area contributed by atoms with Gasteiger partial charge in [-0.2, -0.15) is 0 Å². The van der Waals surface area contributed by atoms with E-state index in [1.807, 2.05) is 55.5 Å². The van der Waals surface area contributed by atoms with Crippen LogP contribution in [0.1, 0.15) is 41.6 Å². The minimum atomic E-state index is -1.02. The Labute approximate surface area is 164 Å². The van der Waals surface area contributed by atoms with Crippen molar-refractivity contribution in [2.75, 3.05) is 0 Å². The van der Waals surface area contributed by atoms with E-state index < -0.39 is 18.1 Å². The highest BCUT2D eigenvalue weighted by Crippen LogP contribution is 2.26. The van der Waals surface area contributed by atoms with Gasteiger partial charge in [0.15, 0.2) is 0 Å². The molecule has 0 saturated carbocycles. The molecular formula is C22H24N2O4. The monoisotopic (exact) mass is 380 g/mol. The first-order chi connectivity index (χ1) is 13.3. The van der Waals surface area contributed by atoms with E-state index in [9.17, 15) is 19.5 Å². The summed E-state index contributed by atoms with van der Waals surface area (Å²) in [6, 6.07) is 13.8. The van der Waals surface area contributed by atoms with E-state index in [-0.39, 0.29) is 31.2 Å². The van der Waals surface area contributed by atoms with Crippen molar-refractivity contribution in [3.8, 4) is 0 Å². The quantitative estimate of drug-likeness (QED) is 0.835. The van der Waals surface area contributed by atoms with Gasteiger partial charge in [0.25, 0.3) is 0 Å². The summed E-state index contributed by atoms with van der Waals surface area (Å²) in [6.07, 6.45) is 0.293. The molecule has 28 heavy (non-hydrogen) atoms. The Morgan fingerprint density at radius 1 is 1.11 bits per heavy atom. The van der Waals surface area contributed by atoms with E-state index in [0.717, 1.165) is 22.3 Å². The molecule has 2 atom stereocenters. The van der Waals surface area contributed by atoms with Gasteiger partial charge >= 0.3 is 5.97 Å². The Kier molecular flexibility index (Phi) is 5.78. The molecule has 0 spiro atoms. The fraction of sp³-hybridized carbons (Fsp3) is 0.318. The van der Waals surface area contributed by atoms with Gasteiger partial charge in [0.2, 0.25) is 11.8 Å². The van der Waals surface area contributed by atoms with Crippen molar-refractivity contribution in [2.24, 2.45) is 0 Å². The number of aryl methyl sites for hydroxylation is 1. The topological polar surface area (TPSA) is 86.7 Å². The second-order valence-electron chi connectivity index (χ2n) is 7.22. The zero-order chi connectivity index (χ0) is 20.3. The van der Waals surface area contributed by atoms with Crippen LogP contribution >= 0.6 is 0 Å². The smallest absolute Gasteiger partial charge is 0.326 e. The van der Waals surface area contributed by atoms with E-state index in [4.69, 9.17) is 0 Å². The summed E-state index contributed by atoms with van der Waals surface area (Å²) in [5.41, 5.74) is 3.81. The van der Waals surface area contributed by atoms with Gasteiger partial charge < -0.3 is 15.3 Å². The molecule has 1 aliphatic rings. The van der Waals surface area contributed by atoms with Gasteiger partial charge in [0.05, 0.1) is 12.5 Å². The normalized spacial score (nSPS) is 16.8. The first-order valence-electron chi connectivity index (χ1n) is 9.28. The van der Waals surface area contributed by atoms with Crippen LogP contribution in [-0.2, 0) is 27.3 Å². The number of aliphatic carboxylic acids is 1. The van der Waals surface area contributed by atoms with Crippen molar-refractivity contribution in [1.29, 1.82) is 0 Å². The van der Waals surface area contributed by atoms with Gasteiger partial charge in [-0.25, -0.2) is 4.79 Å². The average molecular weight is 380 g/mol. The van der Waals surface area contributed by atoms with Crippen LogP contribution in [0, 0.1) is 6.92 Å². The van der Waals surface area contributed by atoms with E-state index in [1.54, 1.807) is 0 Å². The first-order valence-corrected chi connectivity index (χ1v) is 9.28. The standard InChI is InChI=1S/C22H24N2O4/c1-14-7-9-16(10-8-14)19(23-15(2)25)12-21(26)24-13-18-6-4-3-5-17(18)11-20(24)22(27)28/h3-10,19-20H,11-13H2,1-2H3,(H,23,25)(H,27,28)/t19-,20-/m1/s1. The molecule has 2 aromatic rings. The van der Waals surface area contributed by atoms with Crippen molar-refractivity contribution < 1.29 is 19.5 Å². The second-order valence-corrected chi connectivity index (χ2v) is 7.22. The Morgan fingerprint density at radius 2 is 1.75 bits per heavy atom. The molecule has 2 amide bonds. The number of carbonyl (C=O) groups is 3. The molecule has 2 N–H and O–H groups in total. The number of rotatable bonds is 5. The Morgan fingerprint density at radius 3 is 2.36 bits per heavy atom. The zero-order valence-corrected chi connectivity index (χ0v) is 16.0. The summed E-state index contributed by atoms with van der Waals surface area (Å²) >= 11 is 0. The fourth-order valence-corrected chi connectivity index (χ4v) is 3.59. The van der Waals surface area contributed by atoms with Crippen LogP contribution in [-0.4, -0.2) is 33.8 Å². The molecule has 0 radical (unpaired) electrons. The van der Waals surface area contributed by atoms with E-state index in [2.05, 4.69) is 5.32 Å². The lowest BCUT2D eigenvalue weighted by atomic mass is 9.93. The number of hydrogen-bond acceptors (Lipinski definition) is 3. The molecule has 0 bridgehead atoms. The predicted octanol–water partition coefficient (Wildman–Crippen LogP) is 2.60. The Bertz CT molecular complexity index is 892. The third-order valence-electron chi connectivity index (χ3n) is 5.09. The fourth-order valence-electron chi connectivity index (χ4n) is 3.59. The van der Waals surface area contributed by atoms with Crippen LogP contribution in [0.5, 0.6) is 0 Å². The number of benzene rings is 2. The lowest BCUT2D eigenvalue weighted by molar-refractivity contribution is -0.151. The largest absolute Gasteiger partial charge is 0.480 e.